The molecule has 0 aliphatic carbocycles. The number of benzene rings is 1. The molecule has 2 aliphatic heterocycles. The van der Waals surface area contributed by atoms with E-state index in [9.17, 15) is 4.79 Å². The van der Waals surface area contributed by atoms with Gasteiger partial charge >= 0.3 is 0 Å². The molecule has 2 aliphatic rings. The van der Waals surface area contributed by atoms with Gasteiger partial charge in [0.05, 0.1) is 17.0 Å². The number of nitrogens with zero attached hydrogens (tertiary/aromatic N) is 4. The van der Waals surface area contributed by atoms with Crippen LogP contribution in [0.2, 0.25) is 0 Å². The number of rotatable bonds is 5. The number of fused-ring (bicyclic) bond motifs is 1. The Balaban J connectivity index is 1.40. The van der Waals surface area contributed by atoms with Gasteiger partial charge in [-0.3, -0.25) is 9.69 Å². The largest absolute Gasteiger partial charge is 0.474 e. The van der Waals surface area contributed by atoms with Gasteiger partial charge in [0.2, 0.25) is 11.8 Å². The van der Waals surface area contributed by atoms with Crippen molar-refractivity contribution in [1.29, 1.82) is 0 Å². The van der Waals surface area contributed by atoms with Gasteiger partial charge in [0, 0.05) is 51.4 Å². The second-order valence-corrected chi connectivity index (χ2v) is 8.04. The Morgan fingerprint density at radius 3 is 2.75 bits per heavy atom. The van der Waals surface area contributed by atoms with E-state index in [1.807, 2.05) is 13.8 Å². The average Bonchev–Trinajstić information content (AvgIpc) is 2.70. The van der Waals surface area contributed by atoms with E-state index < -0.39 is 0 Å². The van der Waals surface area contributed by atoms with E-state index in [2.05, 4.69) is 43.3 Å². The Hall–Kier alpha value is -2.41. The van der Waals surface area contributed by atoms with E-state index in [1.54, 1.807) is 6.33 Å². The minimum atomic E-state index is 0.0786. The first-order valence-corrected chi connectivity index (χ1v) is 10.2. The van der Waals surface area contributed by atoms with Crippen LogP contribution < -0.4 is 15.0 Å². The van der Waals surface area contributed by atoms with E-state index in [4.69, 9.17) is 4.74 Å². The van der Waals surface area contributed by atoms with Crippen molar-refractivity contribution in [3.63, 3.8) is 0 Å². The number of carbonyl (C=O) groups is 1. The molecule has 2 aromatic rings. The smallest absolute Gasteiger partial charge is 0.224 e. The first kappa shape index (κ1) is 18.9. The zero-order chi connectivity index (χ0) is 19.5. The summed E-state index contributed by atoms with van der Waals surface area (Å²) in [6.45, 7) is 10.0. The van der Waals surface area contributed by atoms with Crippen LogP contribution in [0.4, 0.5) is 5.69 Å². The molecule has 1 N–H and O–H groups in total. The minimum absolute atomic E-state index is 0.0786. The van der Waals surface area contributed by atoms with E-state index >= 15 is 0 Å². The fraction of sp³-hybridized carbons (Fsp3) is 0.571. The predicted molar refractivity (Wildman–Crippen MR) is 110 cm³/mol. The Labute approximate surface area is 166 Å². The highest BCUT2D eigenvalue weighted by atomic mass is 16.5. The van der Waals surface area contributed by atoms with E-state index in [0.29, 0.717) is 18.2 Å². The Morgan fingerprint density at radius 2 is 2.04 bits per heavy atom. The highest BCUT2D eigenvalue weighted by molar-refractivity contribution is 5.86. The molecule has 2 fully saturated rings. The fourth-order valence-electron chi connectivity index (χ4n) is 4.03. The van der Waals surface area contributed by atoms with Gasteiger partial charge in [0.25, 0.3) is 0 Å². The first-order chi connectivity index (χ1) is 13.6. The summed E-state index contributed by atoms with van der Waals surface area (Å²) in [7, 11) is 0. The van der Waals surface area contributed by atoms with Crippen LogP contribution in [-0.2, 0) is 4.79 Å². The Kier molecular flexibility index (Phi) is 5.62. The van der Waals surface area contributed by atoms with Gasteiger partial charge in [-0.05, 0) is 44.4 Å². The van der Waals surface area contributed by atoms with Crippen LogP contribution in [0, 0.1) is 5.92 Å². The molecule has 1 atom stereocenters. The SMILES string of the molecule is CC(C)Oc1ncnc2ccc(N3CCN(CC4CCC(=O)NC4)CC3)cc12. The third kappa shape index (κ3) is 4.35. The standard InChI is InChI=1S/C21H29N5O2/c1-15(2)28-21-18-11-17(4-5-19(18)23-14-24-21)26-9-7-25(8-10-26)13-16-3-6-20(27)22-12-16/h4-5,11,14-16H,3,6-10,12-13H2,1-2H3,(H,22,27). The lowest BCUT2D eigenvalue weighted by atomic mass is 9.98. The summed E-state index contributed by atoms with van der Waals surface area (Å²) in [5.74, 6) is 1.43. The van der Waals surface area contributed by atoms with Crippen LogP contribution in [0.3, 0.4) is 0 Å². The summed E-state index contributed by atoms with van der Waals surface area (Å²) in [6, 6.07) is 6.34. The lowest BCUT2D eigenvalue weighted by Crippen LogP contribution is -2.49. The lowest BCUT2D eigenvalue weighted by Gasteiger charge is -2.38. The van der Waals surface area contributed by atoms with Crippen molar-refractivity contribution in [3.8, 4) is 5.88 Å². The third-order valence-electron chi connectivity index (χ3n) is 5.55. The Morgan fingerprint density at radius 1 is 1.21 bits per heavy atom. The molecule has 1 unspecified atom stereocenters. The molecule has 0 radical (unpaired) electrons. The topological polar surface area (TPSA) is 70.6 Å². The van der Waals surface area contributed by atoms with E-state index in [1.165, 1.54) is 5.69 Å². The van der Waals surface area contributed by atoms with Crippen molar-refractivity contribution in [1.82, 2.24) is 20.2 Å². The number of nitrogens with one attached hydrogen (secondary N) is 1. The fourth-order valence-corrected chi connectivity index (χ4v) is 4.03. The average molecular weight is 383 g/mol. The van der Waals surface area contributed by atoms with Crippen LogP contribution in [0.5, 0.6) is 5.88 Å². The zero-order valence-electron chi connectivity index (χ0n) is 16.7. The molecule has 1 aromatic heterocycles. The van der Waals surface area contributed by atoms with Crippen LogP contribution in [0.1, 0.15) is 26.7 Å². The number of carbonyl (C=O) groups excluding carboxylic acids is 1. The molecular weight excluding hydrogens is 354 g/mol. The molecule has 0 saturated carbocycles. The van der Waals surface area contributed by atoms with Gasteiger partial charge < -0.3 is 15.0 Å². The van der Waals surface area contributed by atoms with E-state index in [0.717, 1.165) is 56.6 Å². The second-order valence-electron chi connectivity index (χ2n) is 8.04. The normalized spacial score (nSPS) is 21.2. The maximum atomic E-state index is 11.3. The van der Waals surface area contributed by atoms with Crippen molar-refractivity contribution in [2.75, 3.05) is 44.2 Å². The van der Waals surface area contributed by atoms with Crippen LogP contribution in [0.15, 0.2) is 24.5 Å². The van der Waals surface area contributed by atoms with Gasteiger partial charge in [-0.2, -0.15) is 0 Å². The highest BCUT2D eigenvalue weighted by Gasteiger charge is 2.24. The molecule has 1 aromatic carbocycles. The number of piperidine rings is 1. The molecule has 1 amide bonds. The summed E-state index contributed by atoms with van der Waals surface area (Å²) >= 11 is 0. The number of aromatic nitrogens is 2. The van der Waals surface area contributed by atoms with Crippen LogP contribution >= 0.6 is 0 Å². The molecule has 7 nitrogen and oxygen atoms in total. The molecule has 7 heteroatoms. The number of anilines is 1. The summed E-state index contributed by atoms with van der Waals surface area (Å²) in [5.41, 5.74) is 2.10. The van der Waals surface area contributed by atoms with Gasteiger partial charge in [-0.1, -0.05) is 0 Å². The molecule has 150 valence electrons. The van der Waals surface area contributed by atoms with E-state index in [-0.39, 0.29) is 12.0 Å². The summed E-state index contributed by atoms with van der Waals surface area (Å²) in [6.07, 6.45) is 3.32. The number of piperazine rings is 1. The maximum Gasteiger partial charge on any atom is 0.224 e. The van der Waals surface area contributed by atoms with Crippen molar-refractivity contribution >= 4 is 22.5 Å². The van der Waals surface area contributed by atoms with Crippen molar-refractivity contribution in [2.45, 2.75) is 32.8 Å². The first-order valence-electron chi connectivity index (χ1n) is 10.2. The number of hydrogen-bond acceptors (Lipinski definition) is 6. The quantitative estimate of drug-likeness (QED) is 0.852. The molecule has 28 heavy (non-hydrogen) atoms. The molecule has 0 bridgehead atoms. The molecule has 4 rings (SSSR count). The molecule has 3 heterocycles. The maximum absolute atomic E-state index is 11.3. The highest BCUT2D eigenvalue weighted by Crippen LogP contribution is 2.28. The van der Waals surface area contributed by atoms with Crippen molar-refractivity contribution < 1.29 is 9.53 Å². The van der Waals surface area contributed by atoms with Crippen LogP contribution in [-0.4, -0.2) is 66.1 Å². The molecule has 0 spiro atoms. The van der Waals surface area contributed by atoms with Crippen molar-refractivity contribution in [3.05, 3.63) is 24.5 Å². The monoisotopic (exact) mass is 383 g/mol. The third-order valence-corrected chi connectivity index (χ3v) is 5.55. The van der Waals surface area contributed by atoms with Gasteiger partial charge in [-0.25, -0.2) is 9.97 Å². The Bertz CT molecular complexity index is 823. The summed E-state index contributed by atoms with van der Waals surface area (Å²) in [5, 5.41) is 3.96. The molecule has 2 saturated heterocycles. The zero-order valence-corrected chi connectivity index (χ0v) is 16.7. The predicted octanol–water partition coefficient (Wildman–Crippen LogP) is 2.07. The summed E-state index contributed by atoms with van der Waals surface area (Å²) in [4.78, 5) is 25.0. The number of ether oxygens (including phenoxy) is 1. The number of amides is 1. The van der Waals surface area contributed by atoms with Crippen LogP contribution in [0.25, 0.3) is 10.9 Å². The second kappa shape index (κ2) is 8.31. The molecular formula is C21H29N5O2. The lowest BCUT2D eigenvalue weighted by molar-refractivity contribution is -0.123. The van der Waals surface area contributed by atoms with Gasteiger partial charge in [-0.15, -0.1) is 0 Å². The van der Waals surface area contributed by atoms with Crippen molar-refractivity contribution in [2.24, 2.45) is 5.92 Å². The van der Waals surface area contributed by atoms with Gasteiger partial charge in [0.1, 0.15) is 6.33 Å². The minimum Gasteiger partial charge on any atom is -0.474 e. The number of hydrogen-bond donors (Lipinski definition) is 1. The van der Waals surface area contributed by atoms with Gasteiger partial charge in [0.15, 0.2) is 0 Å². The summed E-state index contributed by atoms with van der Waals surface area (Å²) < 4.78 is 5.87.